The second kappa shape index (κ2) is 4.52. The van der Waals surface area contributed by atoms with Crippen LogP contribution in [0.3, 0.4) is 0 Å². The lowest BCUT2D eigenvalue weighted by atomic mass is 10.3. The molecule has 0 spiro atoms. The molecule has 2 heterocycles. The minimum atomic E-state index is 0.0261. The number of rotatable bonds is 2. The van der Waals surface area contributed by atoms with Gasteiger partial charge < -0.3 is 9.42 Å². The average molecular weight is 254 g/mol. The number of nitrogens with zero attached hydrogens (tertiary/aromatic N) is 2. The first-order valence-corrected chi connectivity index (χ1v) is 6.27. The topological polar surface area (TPSA) is 63.4 Å². The van der Waals surface area contributed by atoms with E-state index in [-0.39, 0.29) is 16.3 Å². The summed E-state index contributed by atoms with van der Waals surface area (Å²) in [5.74, 6) is 0.669. The summed E-state index contributed by atoms with van der Waals surface area (Å²) < 4.78 is 5.05. The molecule has 0 bridgehead atoms. The van der Waals surface area contributed by atoms with Crippen molar-refractivity contribution < 1.29 is 14.1 Å². The van der Waals surface area contributed by atoms with Gasteiger partial charge in [0.25, 0.3) is 0 Å². The third-order valence-electron chi connectivity index (χ3n) is 2.69. The fraction of sp³-hybridized carbons (Fsp3) is 0.545. The molecule has 1 aromatic heterocycles. The Hall–Kier alpha value is -1.30. The van der Waals surface area contributed by atoms with E-state index in [2.05, 4.69) is 5.16 Å². The molecule has 1 aliphatic heterocycles. The fourth-order valence-electron chi connectivity index (χ4n) is 2.07. The fourth-order valence-corrected chi connectivity index (χ4v) is 2.99. The average Bonchev–Trinajstić information content (AvgIpc) is 2.70. The summed E-state index contributed by atoms with van der Waals surface area (Å²) >= 11 is 1.23. The Kier molecular flexibility index (Phi) is 3.24. The van der Waals surface area contributed by atoms with Gasteiger partial charge in [-0.15, -0.1) is 0 Å². The molecule has 6 heteroatoms. The van der Waals surface area contributed by atoms with Gasteiger partial charge in [0, 0.05) is 25.1 Å². The SMILES string of the molecule is CC(=O)SC1CC(=O)N(c2c(C)noc2C)C1. The second-order valence-corrected chi connectivity index (χ2v) is 5.59. The summed E-state index contributed by atoms with van der Waals surface area (Å²) in [6.45, 7) is 5.66. The molecule has 1 unspecified atom stereocenters. The molecule has 5 nitrogen and oxygen atoms in total. The Morgan fingerprint density at radius 2 is 2.24 bits per heavy atom. The molecule has 1 amide bonds. The first-order chi connectivity index (χ1) is 7.99. The summed E-state index contributed by atoms with van der Waals surface area (Å²) in [6.07, 6.45) is 0.397. The highest BCUT2D eigenvalue weighted by atomic mass is 32.2. The van der Waals surface area contributed by atoms with Crippen LogP contribution in [0.5, 0.6) is 0 Å². The number of hydrogen-bond donors (Lipinski definition) is 0. The molecule has 0 aromatic carbocycles. The Morgan fingerprint density at radius 1 is 1.53 bits per heavy atom. The van der Waals surface area contributed by atoms with Gasteiger partial charge >= 0.3 is 0 Å². The maximum atomic E-state index is 11.9. The molecular formula is C11H14N2O3S. The van der Waals surface area contributed by atoms with Gasteiger partial charge in [0.15, 0.2) is 10.9 Å². The molecule has 17 heavy (non-hydrogen) atoms. The minimum Gasteiger partial charge on any atom is -0.359 e. The molecule has 2 rings (SSSR count). The van der Waals surface area contributed by atoms with Gasteiger partial charge in [-0.3, -0.25) is 9.59 Å². The van der Waals surface area contributed by atoms with E-state index in [9.17, 15) is 9.59 Å². The predicted molar refractivity (Wildman–Crippen MR) is 65.0 cm³/mol. The quantitative estimate of drug-likeness (QED) is 0.803. The van der Waals surface area contributed by atoms with Crippen molar-refractivity contribution in [3.8, 4) is 0 Å². The van der Waals surface area contributed by atoms with E-state index in [4.69, 9.17) is 4.52 Å². The molecule has 1 saturated heterocycles. The van der Waals surface area contributed by atoms with Crippen molar-refractivity contribution in [2.24, 2.45) is 0 Å². The van der Waals surface area contributed by atoms with E-state index in [0.717, 1.165) is 5.69 Å². The van der Waals surface area contributed by atoms with Crippen LogP contribution in [0.25, 0.3) is 0 Å². The van der Waals surface area contributed by atoms with Gasteiger partial charge in [0.05, 0.1) is 0 Å². The van der Waals surface area contributed by atoms with Crippen LogP contribution in [-0.2, 0) is 9.59 Å². The first kappa shape index (κ1) is 12.2. The molecule has 0 radical (unpaired) electrons. The van der Waals surface area contributed by atoms with E-state index in [0.29, 0.717) is 24.4 Å². The van der Waals surface area contributed by atoms with Crippen molar-refractivity contribution in [2.45, 2.75) is 32.4 Å². The Bertz CT molecular complexity index is 450. The molecule has 1 fully saturated rings. The van der Waals surface area contributed by atoms with Crippen molar-refractivity contribution in [2.75, 3.05) is 11.4 Å². The number of aryl methyl sites for hydroxylation is 2. The van der Waals surface area contributed by atoms with Crippen molar-refractivity contribution >= 4 is 28.5 Å². The zero-order chi connectivity index (χ0) is 12.6. The van der Waals surface area contributed by atoms with Crippen LogP contribution in [0.4, 0.5) is 5.69 Å². The Labute approximate surface area is 104 Å². The number of amides is 1. The van der Waals surface area contributed by atoms with Crippen LogP contribution in [0, 0.1) is 13.8 Å². The van der Waals surface area contributed by atoms with Gasteiger partial charge in [-0.2, -0.15) is 0 Å². The number of hydrogen-bond acceptors (Lipinski definition) is 5. The number of thioether (sulfide) groups is 1. The lowest BCUT2D eigenvalue weighted by Crippen LogP contribution is -2.25. The van der Waals surface area contributed by atoms with E-state index >= 15 is 0 Å². The maximum Gasteiger partial charge on any atom is 0.228 e. The highest BCUT2D eigenvalue weighted by molar-refractivity contribution is 8.14. The highest BCUT2D eigenvalue weighted by Gasteiger charge is 2.34. The molecule has 0 N–H and O–H groups in total. The third kappa shape index (κ3) is 2.36. The monoisotopic (exact) mass is 254 g/mol. The summed E-state index contributed by atoms with van der Waals surface area (Å²) in [4.78, 5) is 24.6. The van der Waals surface area contributed by atoms with Crippen LogP contribution in [-0.4, -0.2) is 28.0 Å². The van der Waals surface area contributed by atoms with Gasteiger partial charge in [-0.05, 0) is 13.8 Å². The van der Waals surface area contributed by atoms with Gasteiger partial charge in [0.2, 0.25) is 5.91 Å². The van der Waals surface area contributed by atoms with Crippen molar-refractivity contribution in [3.63, 3.8) is 0 Å². The first-order valence-electron chi connectivity index (χ1n) is 5.39. The summed E-state index contributed by atoms with van der Waals surface area (Å²) in [7, 11) is 0. The van der Waals surface area contributed by atoms with Crippen LogP contribution in [0.1, 0.15) is 24.8 Å². The maximum absolute atomic E-state index is 11.9. The van der Waals surface area contributed by atoms with Crippen LogP contribution in [0.15, 0.2) is 4.52 Å². The molecule has 92 valence electrons. The van der Waals surface area contributed by atoms with Gasteiger partial charge in [-0.1, -0.05) is 16.9 Å². The number of aromatic nitrogens is 1. The van der Waals surface area contributed by atoms with Gasteiger partial charge in [0.1, 0.15) is 11.4 Å². The summed E-state index contributed by atoms with van der Waals surface area (Å²) in [6, 6.07) is 0. The van der Waals surface area contributed by atoms with E-state index < -0.39 is 0 Å². The van der Waals surface area contributed by atoms with Crippen LogP contribution < -0.4 is 4.90 Å². The van der Waals surface area contributed by atoms with Crippen molar-refractivity contribution in [3.05, 3.63) is 11.5 Å². The van der Waals surface area contributed by atoms with E-state index in [1.54, 1.807) is 11.8 Å². The van der Waals surface area contributed by atoms with Crippen molar-refractivity contribution in [1.29, 1.82) is 0 Å². The Balaban J connectivity index is 2.19. The summed E-state index contributed by atoms with van der Waals surface area (Å²) in [5, 5.41) is 3.92. The predicted octanol–water partition coefficient (Wildman–Crippen LogP) is 1.68. The largest absolute Gasteiger partial charge is 0.359 e. The number of carbonyl (C=O) groups excluding carboxylic acids is 2. The van der Waals surface area contributed by atoms with Crippen molar-refractivity contribution in [1.82, 2.24) is 5.16 Å². The highest BCUT2D eigenvalue weighted by Crippen LogP contribution is 2.32. The molecular weight excluding hydrogens is 240 g/mol. The normalized spacial score (nSPS) is 20.1. The van der Waals surface area contributed by atoms with Gasteiger partial charge in [-0.25, -0.2) is 0 Å². The van der Waals surface area contributed by atoms with Crippen LogP contribution >= 0.6 is 11.8 Å². The molecule has 0 aliphatic carbocycles. The van der Waals surface area contributed by atoms with E-state index in [1.807, 2.05) is 6.92 Å². The number of anilines is 1. The second-order valence-electron chi connectivity index (χ2n) is 4.11. The third-order valence-corrected chi connectivity index (χ3v) is 3.67. The number of carbonyl (C=O) groups is 2. The molecule has 1 aliphatic rings. The van der Waals surface area contributed by atoms with E-state index in [1.165, 1.54) is 18.7 Å². The molecule has 0 saturated carbocycles. The standard InChI is InChI=1S/C11H14N2O3S/c1-6-11(7(2)16-12-6)13-5-9(4-10(13)15)17-8(3)14/h9H,4-5H2,1-3H3. The lowest BCUT2D eigenvalue weighted by molar-refractivity contribution is -0.117. The van der Waals surface area contributed by atoms with Crippen LogP contribution in [0.2, 0.25) is 0 Å². The minimum absolute atomic E-state index is 0.0261. The Morgan fingerprint density at radius 3 is 2.76 bits per heavy atom. The zero-order valence-electron chi connectivity index (χ0n) is 10.0. The zero-order valence-corrected chi connectivity index (χ0v) is 10.8. The molecule has 1 atom stereocenters. The lowest BCUT2D eigenvalue weighted by Gasteiger charge is -2.15. The smallest absolute Gasteiger partial charge is 0.228 e. The molecule has 1 aromatic rings. The summed E-state index contributed by atoms with van der Waals surface area (Å²) in [5.41, 5.74) is 1.46.